The Morgan fingerprint density at radius 2 is 1.87 bits per heavy atom. The molecule has 2 aromatic carbocycles. The molecule has 0 aromatic heterocycles. The van der Waals surface area contributed by atoms with Gasteiger partial charge in [-0.3, -0.25) is 10.2 Å². The first-order valence-electron chi connectivity index (χ1n) is 6.61. The number of halogens is 1. The van der Waals surface area contributed by atoms with Crippen LogP contribution in [0.4, 0.5) is 5.69 Å². The average molecular weight is 336 g/mol. The van der Waals surface area contributed by atoms with E-state index < -0.39 is 0 Å². The number of nitrogens with two attached hydrogens (primary N) is 1. The molecule has 0 aliphatic heterocycles. The first-order valence-corrected chi connectivity index (χ1v) is 6.61. The number of benzene rings is 2. The van der Waals surface area contributed by atoms with Crippen LogP contribution in [-0.4, -0.2) is 25.5 Å². The topological polar surface area (TPSA) is 97.4 Å². The second-order valence-electron chi connectivity index (χ2n) is 4.45. The van der Waals surface area contributed by atoms with Gasteiger partial charge in [0.15, 0.2) is 18.1 Å². The average Bonchev–Trinajstić information content (AvgIpc) is 2.53. The van der Waals surface area contributed by atoms with Crippen LogP contribution in [0.25, 0.3) is 0 Å². The maximum absolute atomic E-state index is 11.9. The van der Waals surface area contributed by atoms with E-state index >= 15 is 0 Å². The van der Waals surface area contributed by atoms with Crippen LogP contribution < -0.4 is 20.5 Å². The van der Waals surface area contributed by atoms with Crippen LogP contribution in [0.3, 0.4) is 0 Å². The number of ether oxygens (including phenoxy) is 2. The van der Waals surface area contributed by atoms with Crippen molar-refractivity contribution in [3.8, 4) is 11.5 Å². The van der Waals surface area contributed by atoms with Crippen molar-refractivity contribution in [2.45, 2.75) is 0 Å². The van der Waals surface area contributed by atoms with Gasteiger partial charge in [0.1, 0.15) is 5.84 Å². The van der Waals surface area contributed by atoms with Crippen LogP contribution in [0, 0.1) is 5.41 Å². The van der Waals surface area contributed by atoms with Crippen molar-refractivity contribution in [1.29, 1.82) is 5.41 Å². The number of hydrogen-bond donors (Lipinski definition) is 3. The molecule has 0 fully saturated rings. The SMILES string of the molecule is COc1cccc(C(=N)N)c1OCC(=O)Nc1ccccc1.Cl. The van der Waals surface area contributed by atoms with Crippen LogP contribution in [-0.2, 0) is 4.79 Å². The van der Waals surface area contributed by atoms with Gasteiger partial charge in [0.2, 0.25) is 0 Å². The summed E-state index contributed by atoms with van der Waals surface area (Å²) in [6.07, 6.45) is 0. The Morgan fingerprint density at radius 1 is 1.17 bits per heavy atom. The van der Waals surface area contributed by atoms with Crippen LogP contribution in [0.1, 0.15) is 5.56 Å². The number of carbonyl (C=O) groups is 1. The molecule has 0 aliphatic rings. The lowest BCUT2D eigenvalue weighted by atomic mass is 10.1. The quantitative estimate of drug-likeness (QED) is 0.557. The second-order valence-corrected chi connectivity index (χ2v) is 4.45. The third-order valence-corrected chi connectivity index (χ3v) is 2.89. The lowest BCUT2D eigenvalue weighted by Gasteiger charge is -2.14. The van der Waals surface area contributed by atoms with Gasteiger partial charge in [0.05, 0.1) is 12.7 Å². The van der Waals surface area contributed by atoms with Gasteiger partial charge < -0.3 is 20.5 Å². The Bertz CT molecular complexity index is 678. The molecule has 4 N–H and O–H groups in total. The third-order valence-electron chi connectivity index (χ3n) is 2.89. The molecule has 1 amide bonds. The van der Waals surface area contributed by atoms with Gasteiger partial charge in [-0.15, -0.1) is 12.4 Å². The number of para-hydroxylation sites is 2. The zero-order chi connectivity index (χ0) is 15.9. The predicted octanol–water partition coefficient (Wildman–Crippen LogP) is 2.42. The number of amidine groups is 1. The monoisotopic (exact) mass is 335 g/mol. The van der Waals surface area contributed by atoms with Crippen molar-refractivity contribution < 1.29 is 14.3 Å². The van der Waals surface area contributed by atoms with E-state index in [-0.39, 0.29) is 36.5 Å². The van der Waals surface area contributed by atoms with E-state index in [0.717, 1.165) is 0 Å². The molecule has 2 rings (SSSR count). The fourth-order valence-corrected chi connectivity index (χ4v) is 1.89. The molecular formula is C16H18ClN3O3. The lowest BCUT2D eigenvalue weighted by Crippen LogP contribution is -2.22. The van der Waals surface area contributed by atoms with E-state index in [1.807, 2.05) is 18.2 Å². The molecular weight excluding hydrogens is 318 g/mol. The van der Waals surface area contributed by atoms with Gasteiger partial charge in [-0.25, -0.2) is 0 Å². The molecule has 0 saturated heterocycles. The maximum atomic E-state index is 11.9. The molecule has 0 unspecified atom stereocenters. The minimum absolute atomic E-state index is 0. The smallest absolute Gasteiger partial charge is 0.262 e. The maximum Gasteiger partial charge on any atom is 0.262 e. The molecule has 6 nitrogen and oxygen atoms in total. The Balaban J connectivity index is 0.00000264. The number of anilines is 1. The summed E-state index contributed by atoms with van der Waals surface area (Å²) in [7, 11) is 1.48. The Hall–Kier alpha value is -2.73. The van der Waals surface area contributed by atoms with Crippen molar-refractivity contribution in [1.82, 2.24) is 0 Å². The molecule has 7 heteroatoms. The standard InChI is InChI=1S/C16H17N3O3.ClH/c1-21-13-9-5-8-12(16(17)18)15(13)22-10-14(20)19-11-6-3-2-4-7-11;/h2-9H,10H2,1H3,(H3,17,18)(H,19,20);1H. The molecule has 0 heterocycles. The number of carbonyl (C=O) groups excluding carboxylic acids is 1. The van der Waals surface area contributed by atoms with E-state index in [1.54, 1.807) is 30.3 Å². The van der Waals surface area contributed by atoms with Crippen molar-refractivity contribution in [2.75, 3.05) is 19.0 Å². The minimum atomic E-state index is -0.313. The van der Waals surface area contributed by atoms with Crippen molar-refractivity contribution in [2.24, 2.45) is 5.73 Å². The van der Waals surface area contributed by atoms with Gasteiger partial charge in [-0.05, 0) is 24.3 Å². The van der Waals surface area contributed by atoms with Crippen LogP contribution in [0.5, 0.6) is 11.5 Å². The second kappa shape index (κ2) is 8.65. The van der Waals surface area contributed by atoms with E-state index in [4.69, 9.17) is 20.6 Å². The number of methoxy groups -OCH3 is 1. The molecule has 23 heavy (non-hydrogen) atoms. The fourth-order valence-electron chi connectivity index (χ4n) is 1.89. The summed E-state index contributed by atoms with van der Waals surface area (Å²) in [6, 6.07) is 14.1. The van der Waals surface area contributed by atoms with Gasteiger partial charge in [-0.1, -0.05) is 24.3 Å². The van der Waals surface area contributed by atoms with E-state index in [9.17, 15) is 4.79 Å². The normalized spacial score (nSPS) is 9.43. The highest BCUT2D eigenvalue weighted by atomic mass is 35.5. The van der Waals surface area contributed by atoms with Crippen molar-refractivity contribution in [3.05, 3.63) is 54.1 Å². The van der Waals surface area contributed by atoms with Gasteiger partial charge in [-0.2, -0.15) is 0 Å². The zero-order valence-corrected chi connectivity index (χ0v) is 13.4. The predicted molar refractivity (Wildman–Crippen MR) is 91.8 cm³/mol. The zero-order valence-electron chi connectivity index (χ0n) is 12.5. The first-order chi connectivity index (χ1) is 10.6. The van der Waals surface area contributed by atoms with E-state index in [0.29, 0.717) is 17.0 Å². The van der Waals surface area contributed by atoms with Crippen molar-refractivity contribution >= 4 is 29.8 Å². The number of rotatable bonds is 6. The molecule has 122 valence electrons. The molecule has 0 radical (unpaired) electrons. The number of amides is 1. The summed E-state index contributed by atoms with van der Waals surface area (Å²) >= 11 is 0. The Labute approximate surface area is 140 Å². The van der Waals surface area contributed by atoms with E-state index in [2.05, 4.69) is 5.32 Å². The van der Waals surface area contributed by atoms with Gasteiger partial charge >= 0.3 is 0 Å². The molecule has 2 aromatic rings. The highest BCUT2D eigenvalue weighted by Gasteiger charge is 2.14. The molecule has 0 bridgehead atoms. The van der Waals surface area contributed by atoms with Crippen LogP contribution >= 0.6 is 12.4 Å². The summed E-state index contributed by atoms with van der Waals surface area (Å²) in [6.45, 7) is -0.213. The number of nitrogens with one attached hydrogen (secondary N) is 2. The highest BCUT2D eigenvalue weighted by Crippen LogP contribution is 2.30. The fraction of sp³-hybridized carbons (Fsp3) is 0.125. The largest absolute Gasteiger partial charge is 0.493 e. The Morgan fingerprint density at radius 3 is 2.48 bits per heavy atom. The third kappa shape index (κ3) is 4.89. The molecule has 0 spiro atoms. The number of hydrogen-bond acceptors (Lipinski definition) is 4. The molecule has 0 aliphatic carbocycles. The van der Waals surface area contributed by atoms with Gasteiger partial charge in [0, 0.05) is 5.69 Å². The molecule has 0 saturated carbocycles. The molecule has 0 atom stereocenters. The van der Waals surface area contributed by atoms with Gasteiger partial charge in [0.25, 0.3) is 5.91 Å². The summed E-state index contributed by atoms with van der Waals surface area (Å²) in [5, 5.41) is 10.3. The van der Waals surface area contributed by atoms with Crippen LogP contribution in [0.15, 0.2) is 48.5 Å². The van der Waals surface area contributed by atoms with Crippen molar-refractivity contribution in [3.63, 3.8) is 0 Å². The number of nitrogen functional groups attached to an aromatic ring is 1. The minimum Gasteiger partial charge on any atom is -0.493 e. The summed E-state index contributed by atoms with van der Waals surface area (Å²) in [4.78, 5) is 11.9. The summed E-state index contributed by atoms with van der Waals surface area (Å²) in [5.74, 6) is 0.227. The first kappa shape index (κ1) is 18.3. The van der Waals surface area contributed by atoms with E-state index in [1.165, 1.54) is 7.11 Å². The Kier molecular flexibility index (Phi) is 6.89. The van der Waals surface area contributed by atoms with Crippen LogP contribution in [0.2, 0.25) is 0 Å². The summed E-state index contributed by atoms with van der Waals surface area (Å²) in [5.41, 5.74) is 6.58. The highest BCUT2D eigenvalue weighted by molar-refractivity contribution is 5.98. The lowest BCUT2D eigenvalue weighted by molar-refractivity contribution is -0.118. The summed E-state index contributed by atoms with van der Waals surface area (Å²) < 4.78 is 10.7.